The van der Waals surface area contributed by atoms with Gasteiger partial charge in [0, 0.05) is 22.8 Å². The van der Waals surface area contributed by atoms with E-state index in [2.05, 4.69) is 27.7 Å². The molecule has 3 rings (SSSR count). The Bertz CT molecular complexity index is 807. The Morgan fingerprint density at radius 1 is 1.29 bits per heavy atom. The molecule has 0 aliphatic carbocycles. The summed E-state index contributed by atoms with van der Waals surface area (Å²) in [6.45, 7) is 8.84. The summed E-state index contributed by atoms with van der Waals surface area (Å²) < 4.78 is 6.97. The zero-order valence-corrected chi connectivity index (χ0v) is 17.7. The van der Waals surface area contributed by atoms with Gasteiger partial charge in [0.05, 0.1) is 18.2 Å². The second-order valence-electron chi connectivity index (χ2n) is 7.17. The smallest absolute Gasteiger partial charge is 0.339 e. The molecule has 0 spiro atoms. The van der Waals surface area contributed by atoms with Gasteiger partial charge in [-0.2, -0.15) is 0 Å². The standard InChI is InChI=1S/C21H29N3O3S/c1-4-27-21(26)17-12-15(2)24(16(17)3)14-20(25)22-13-18(19-8-7-11-28-19)23-9-5-6-10-23/h7-8,11-12,18H,4-6,9-10,13-14H2,1-3H3,(H,22,25). The third kappa shape index (κ3) is 4.64. The van der Waals surface area contributed by atoms with Crippen LogP contribution in [0.2, 0.25) is 0 Å². The Balaban J connectivity index is 1.64. The second-order valence-corrected chi connectivity index (χ2v) is 8.15. The van der Waals surface area contributed by atoms with E-state index in [-0.39, 0.29) is 24.5 Å². The van der Waals surface area contributed by atoms with Crippen LogP contribution in [0, 0.1) is 13.8 Å². The van der Waals surface area contributed by atoms with E-state index in [4.69, 9.17) is 4.74 Å². The SMILES string of the molecule is CCOC(=O)c1cc(C)n(CC(=O)NCC(c2cccs2)N2CCCC2)c1C. The first-order valence-corrected chi connectivity index (χ1v) is 10.8. The van der Waals surface area contributed by atoms with Crippen molar-refractivity contribution in [2.24, 2.45) is 0 Å². The van der Waals surface area contributed by atoms with Crippen LogP contribution in [-0.2, 0) is 16.1 Å². The lowest BCUT2D eigenvalue weighted by atomic mass is 10.2. The van der Waals surface area contributed by atoms with Gasteiger partial charge in [-0.25, -0.2) is 4.79 Å². The van der Waals surface area contributed by atoms with Crippen molar-refractivity contribution in [2.45, 2.75) is 46.2 Å². The number of thiophene rings is 1. The van der Waals surface area contributed by atoms with Gasteiger partial charge >= 0.3 is 5.97 Å². The Morgan fingerprint density at radius 3 is 2.68 bits per heavy atom. The molecular weight excluding hydrogens is 374 g/mol. The van der Waals surface area contributed by atoms with Crippen LogP contribution in [0.25, 0.3) is 0 Å². The number of hydrogen-bond acceptors (Lipinski definition) is 5. The van der Waals surface area contributed by atoms with Crippen LogP contribution in [0.15, 0.2) is 23.6 Å². The topological polar surface area (TPSA) is 63.6 Å². The molecule has 2 aromatic rings. The van der Waals surface area contributed by atoms with Gasteiger partial charge in [0.15, 0.2) is 0 Å². The van der Waals surface area contributed by atoms with Crippen molar-refractivity contribution in [1.29, 1.82) is 0 Å². The molecule has 1 fully saturated rings. The molecule has 0 radical (unpaired) electrons. The largest absolute Gasteiger partial charge is 0.462 e. The van der Waals surface area contributed by atoms with Crippen LogP contribution in [0.1, 0.15) is 52.4 Å². The summed E-state index contributed by atoms with van der Waals surface area (Å²) in [4.78, 5) is 28.5. The molecule has 0 aromatic carbocycles. The Hall–Kier alpha value is -2.12. The molecule has 0 bridgehead atoms. The molecule has 0 saturated carbocycles. The number of nitrogens with one attached hydrogen (secondary N) is 1. The molecule has 28 heavy (non-hydrogen) atoms. The molecule has 6 nitrogen and oxygen atoms in total. The predicted molar refractivity (Wildman–Crippen MR) is 111 cm³/mol. The van der Waals surface area contributed by atoms with Gasteiger partial charge in [0.1, 0.15) is 6.54 Å². The van der Waals surface area contributed by atoms with E-state index in [0.29, 0.717) is 18.7 Å². The Kier molecular flexibility index (Phi) is 6.91. The quantitative estimate of drug-likeness (QED) is 0.687. The highest BCUT2D eigenvalue weighted by Crippen LogP contribution is 2.27. The highest BCUT2D eigenvalue weighted by Gasteiger charge is 2.25. The van der Waals surface area contributed by atoms with Crippen molar-refractivity contribution in [2.75, 3.05) is 26.2 Å². The van der Waals surface area contributed by atoms with Crippen LogP contribution in [0.3, 0.4) is 0 Å². The van der Waals surface area contributed by atoms with Crippen LogP contribution in [0.5, 0.6) is 0 Å². The number of amides is 1. The first kappa shape index (κ1) is 20.6. The number of carbonyl (C=O) groups excluding carboxylic acids is 2. The average Bonchev–Trinajstić information content (AvgIpc) is 3.42. The second kappa shape index (κ2) is 9.39. The summed E-state index contributed by atoms with van der Waals surface area (Å²) in [5.74, 6) is -0.382. The summed E-state index contributed by atoms with van der Waals surface area (Å²) in [5, 5.41) is 5.19. The van der Waals surface area contributed by atoms with E-state index < -0.39 is 0 Å². The zero-order valence-electron chi connectivity index (χ0n) is 16.9. The maximum Gasteiger partial charge on any atom is 0.339 e. The molecule has 1 unspecified atom stereocenters. The molecule has 2 aromatic heterocycles. The number of hydrogen-bond donors (Lipinski definition) is 1. The lowest BCUT2D eigenvalue weighted by molar-refractivity contribution is -0.122. The van der Waals surface area contributed by atoms with E-state index in [9.17, 15) is 9.59 Å². The average molecular weight is 404 g/mol. The molecule has 152 valence electrons. The van der Waals surface area contributed by atoms with E-state index in [0.717, 1.165) is 24.5 Å². The fourth-order valence-corrected chi connectivity index (χ4v) is 4.67. The lowest BCUT2D eigenvalue weighted by Gasteiger charge is -2.27. The minimum atomic E-state index is -0.339. The van der Waals surface area contributed by atoms with Gasteiger partial charge in [0.25, 0.3) is 0 Å². The minimum Gasteiger partial charge on any atom is -0.462 e. The van der Waals surface area contributed by atoms with Gasteiger partial charge in [0.2, 0.25) is 5.91 Å². The molecule has 7 heteroatoms. The summed E-state index contributed by atoms with van der Waals surface area (Å²) in [6.07, 6.45) is 2.43. The van der Waals surface area contributed by atoms with E-state index in [1.54, 1.807) is 24.3 Å². The molecule has 1 N–H and O–H groups in total. The number of ether oxygens (including phenoxy) is 1. The first-order valence-electron chi connectivity index (χ1n) is 9.89. The van der Waals surface area contributed by atoms with Crippen molar-refractivity contribution in [3.8, 4) is 0 Å². The van der Waals surface area contributed by atoms with Gasteiger partial charge < -0.3 is 14.6 Å². The van der Waals surface area contributed by atoms with Crippen LogP contribution >= 0.6 is 11.3 Å². The summed E-state index contributed by atoms with van der Waals surface area (Å²) in [5.41, 5.74) is 2.17. The van der Waals surface area contributed by atoms with Crippen molar-refractivity contribution in [1.82, 2.24) is 14.8 Å². The highest BCUT2D eigenvalue weighted by molar-refractivity contribution is 7.10. The lowest BCUT2D eigenvalue weighted by Crippen LogP contribution is -2.37. The molecule has 3 heterocycles. The monoisotopic (exact) mass is 403 g/mol. The van der Waals surface area contributed by atoms with Gasteiger partial charge in [-0.3, -0.25) is 9.69 Å². The first-order chi connectivity index (χ1) is 13.5. The molecule has 1 saturated heterocycles. The zero-order chi connectivity index (χ0) is 20.1. The number of esters is 1. The van der Waals surface area contributed by atoms with Crippen LogP contribution in [0.4, 0.5) is 0 Å². The van der Waals surface area contributed by atoms with Crippen molar-refractivity contribution < 1.29 is 14.3 Å². The molecular formula is C21H29N3O3S. The highest BCUT2D eigenvalue weighted by atomic mass is 32.1. The van der Waals surface area contributed by atoms with Crippen molar-refractivity contribution in [3.63, 3.8) is 0 Å². The number of aromatic nitrogens is 1. The molecule has 1 aliphatic rings. The van der Waals surface area contributed by atoms with E-state index in [1.807, 2.05) is 18.4 Å². The molecule has 1 amide bonds. The van der Waals surface area contributed by atoms with Crippen molar-refractivity contribution >= 4 is 23.2 Å². The van der Waals surface area contributed by atoms with Crippen molar-refractivity contribution in [3.05, 3.63) is 45.4 Å². The van der Waals surface area contributed by atoms with Gasteiger partial charge in [-0.05, 0) is 64.2 Å². The van der Waals surface area contributed by atoms with E-state index in [1.165, 1.54) is 17.7 Å². The van der Waals surface area contributed by atoms with Gasteiger partial charge in [-0.1, -0.05) is 6.07 Å². The number of nitrogens with zero attached hydrogens (tertiary/aromatic N) is 2. The molecule has 1 atom stereocenters. The Morgan fingerprint density at radius 2 is 2.04 bits per heavy atom. The van der Waals surface area contributed by atoms with Gasteiger partial charge in [-0.15, -0.1) is 11.3 Å². The third-order valence-corrected chi connectivity index (χ3v) is 6.29. The maximum atomic E-state index is 12.6. The summed E-state index contributed by atoms with van der Waals surface area (Å²) in [7, 11) is 0. The number of carbonyl (C=O) groups is 2. The van der Waals surface area contributed by atoms with Crippen LogP contribution < -0.4 is 5.32 Å². The number of rotatable bonds is 8. The number of likely N-dealkylation sites (tertiary alicyclic amines) is 1. The summed E-state index contributed by atoms with van der Waals surface area (Å²) >= 11 is 1.74. The van der Waals surface area contributed by atoms with E-state index >= 15 is 0 Å². The fourth-order valence-electron chi connectivity index (χ4n) is 3.81. The molecule has 1 aliphatic heterocycles. The van der Waals surface area contributed by atoms with Crippen LogP contribution in [-0.4, -0.2) is 47.6 Å². The Labute approximate surface area is 170 Å². The fraction of sp³-hybridized carbons (Fsp3) is 0.524. The predicted octanol–water partition coefficient (Wildman–Crippen LogP) is 3.30. The number of aryl methyl sites for hydroxylation is 1. The maximum absolute atomic E-state index is 12.6. The summed E-state index contributed by atoms with van der Waals surface area (Å²) in [6, 6.07) is 6.23. The third-order valence-electron chi connectivity index (χ3n) is 5.32. The normalized spacial score (nSPS) is 15.5. The minimum absolute atomic E-state index is 0.0436.